The Labute approximate surface area is 162 Å². The second-order valence-electron chi connectivity index (χ2n) is 6.68. The first-order chi connectivity index (χ1) is 12.8. The lowest BCUT2D eigenvalue weighted by Crippen LogP contribution is -2.42. The molecule has 1 amide bonds. The normalized spacial score (nSPS) is 16.7. The van der Waals surface area contributed by atoms with Crippen molar-refractivity contribution in [2.75, 3.05) is 45.8 Å². The molecule has 150 valence electrons. The van der Waals surface area contributed by atoms with E-state index in [4.69, 9.17) is 0 Å². The Hall–Kier alpha value is -1.77. The molecule has 1 aromatic rings. The third-order valence-corrected chi connectivity index (χ3v) is 6.83. The first-order valence-electron chi connectivity index (χ1n) is 9.40. The monoisotopic (exact) mass is 395 g/mol. The molecular formula is C19H29N3O4S. The molecule has 1 aliphatic heterocycles. The van der Waals surface area contributed by atoms with Gasteiger partial charge >= 0.3 is 0 Å². The van der Waals surface area contributed by atoms with Gasteiger partial charge in [-0.05, 0) is 45.9 Å². The summed E-state index contributed by atoms with van der Waals surface area (Å²) >= 11 is 0. The third-order valence-electron chi connectivity index (χ3n) is 4.92. The minimum Gasteiger partial charge on any atom is -0.342 e. The maximum atomic E-state index is 12.9. The molecule has 2 rings (SSSR count). The molecule has 1 fully saturated rings. The highest BCUT2D eigenvalue weighted by atomic mass is 32.2. The smallest absolute Gasteiger partial charge is 0.243 e. The zero-order valence-electron chi connectivity index (χ0n) is 16.3. The molecule has 0 aliphatic carbocycles. The Morgan fingerprint density at radius 2 is 1.63 bits per heavy atom. The average Bonchev–Trinajstić information content (AvgIpc) is 2.89. The van der Waals surface area contributed by atoms with Crippen LogP contribution in [-0.4, -0.2) is 80.0 Å². The van der Waals surface area contributed by atoms with Crippen LogP contribution in [0.5, 0.6) is 0 Å². The summed E-state index contributed by atoms with van der Waals surface area (Å²) in [5, 5.41) is 0. The van der Waals surface area contributed by atoms with E-state index in [9.17, 15) is 18.0 Å². The molecule has 8 heteroatoms. The number of benzene rings is 1. The fourth-order valence-electron chi connectivity index (χ4n) is 3.22. The second kappa shape index (κ2) is 9.43. The van der Waals surface area contributed by atoms with Crippen molar-refractivity contribution in [1.29, 1.82) is 0 Å². The molecule has 0 aromatic heterocycles. The molecule has 1 saturated heterocycles. The van der Waals surface area contributed by atoms with Crippen molar-refractivity contribution in [1.82, 2.24) is 14.1 Å². The van der Waals surface area contributed by atoms with Crippen LogP contribution in [0.4, 0.5) is 0 Å². The lowest BCUT2D eigenvalue weighted by Gasteiger charge is -2.25. The Morgan fingerprint density at radius 3 is 2.19 bits per heavy atom. The third kappa shape index (κ3) is 5.37. The second-order valence-corrected chi connectivity index (χ2v) is 8.62. The summed E-state index contributed by atoms with van der Waals surface area (Å²) in [6.07, 6.45) is 0.677. The van der Waals surface area contributed by atoms with Crippen LogP contribution < -0.4 is 0 Å². The van der Waals surface area contributed by atoms with Crippen LogP contribution in [0.1, 0.15) is 37.6 Å². The van der Waals surface area contributed by atoms with Gasteiger partial charge in [0.25, 0.3) is 0 Å². The molecule has 0 radical (unpaired) electrons. The molecule has 1 aliphatic rings. The molecule has 1 heterocycles. The van der Waals surface area contributed by atoms with E-state index < -0.39 is 10.0 Å². The number of nitrogens with zero attached hydrogens (tertiary/aromatic N) is 3. The van der Waals surface area contributed by atoms with Gasteiger partial charge < -0.3 is 4.90 Å². The highest BCUT2D eigenvalue weighted by Gasteiger charge is 2.27. The first-order valence-corrected chi connectivity index (χ1v) is 10.8. The zero-order chi connectivity index (χ0) is 20.0. The molecular weight excluding hydrogens is 366 g/mol. The average molecular weight is 396 g/mol. The van der Waals surface area contributed by atoms with E-state index in [2.05, 4.69) is 0 Å². The summed E-state index contributed by atoms with van der Waals surface area (Å²) in [4.78, 5) is 27.7. The van der Waals surface area contributed by atoms with E-state index in [1.54, 1.807) is 17.0 Å². The summed E-state index contributed by atoms with van der Waals surface area (Å²) in [5.74, 6) is -0.0154. The van der Waals surface area contributed by atoms with Gasteiger partial charge in [0.05, 0.1) is 11.4 Å². The quantitative estimate of drug-likeness (QED) is 0.653. The van der Waals surface area contributed by atoms with Crippen LogP contribution >= 0.6 is 0 Å². The van der Waals surface area contributed by atoms with Crippen LogP contribution in [0.3, 0.4) is 0 Å². The van der Waals surface area contributed by atoms with Crippen molar-refractivity contribution in [2.45, 2.75) is 32.1 Å². The van der Waals surface area contributed by atoms with Gasteiger partial charge in [-0.15, -0.1) is 0 Å². The number of amides is 1. The van der Waals surface area contributed by atoms with Gasteiger partial charge in [-0.3, -0.25) is 14.5 Å². The number of ketones is 1. The van der Waals surface area contributed by atoms with Gasteiger partial charge in [0.2, 0.25) is 15.9 Å². The van der Waals surface area contributed by atoms with Gasteiger partial charge in [-0.25, -0.2) is 8.42 Å². The Morgan fingerprint density at radius 1 is 1.00 bits per heavy atom. The predicted octanol–water partition coefficient (Wildman–Crippen LogP) is 1.45. The molecule has 7 nitrogen and oxygen atoms in total. The van der Waals surface area contributed by atoms with Gasteiger partial charge in [0.1, 0.15) is 0 Å². The van der Waals surface area contributed by atoms with E-state index in [-0.39, 0.29) is 16.6 Å². The minimum absolute atomic E-state index is 0.0797. The van der Waals surface area contributed by atoms with Gasteiger partial charge in [-0.2, -0.15) is 4.31 Å². The first kappa shape index (κ1) is 21.5. The number of Topliss-reactive ketones (excluding diaryl/α,β-unsaturated/α-hetero) is 1. The SMILES string of the molecule is CCN(CC)C(=O)CN1CCCN(S(=O)(=O)c2ccc(C(C)=O)cc2)CC1. The Balaban J connectivity index is 2.04. The molecule has 0 saturated carbocycles. The number of carbonyl (C=O) groups is 2. The van der Waals surface area contributed by atoms with Crippen molar-refractivity contribution in [3.8, 4) is 0 Å². The van der Waals surface area contributed by atoms with Crippen molar-refractivity contribution in [3.63, 3.8) is 0 Å². The lowest BCUT2D eigenvalue weighted by atomic mass is 10.2. The van der Waals surface area contributed by atoms with E-state index >= 15 is 0 Å². The summed E-state index contributed by atoms with van der Waals surface area (Å²) in [6.45, 7) is 9.04. The van der Waals surface area contributed by atoms with Gasteiger partial charge in [-0.1, -0.05) is 12.1 Å². The highest BCUT2D eigenvalue weighted by Crippen LogP contribution is 2.18. The van der Waals surface area contributed by atoms with Crippen LogP contribution in [0.15, 0.2) is 29.2 Å². The predicted molar refractivity (Wildman–Crippen MR) is 104 cm³/mol. The fourth-order valence-corrected chi connectivity index (χ4v) is 4.69. The number of rotatable bonds is 7. The van der Waals surface area contributed by atoms with E-state index in [0.717, 1.165) is 0 Å². The Kier molecular flexibility index (Phi) is 7.52. The molecule has 1 aromatic carbocycles. The van der Waals surface area contributed by atoms with Crippen molar-refractivity contribution >= 4 is 21.7 Å². The lowest BCUT2D eigenvalue weighted by molar-refractivity contribution is -0.132. The minimum atomic E-state index is -3.61. The van der Waals surface area contributed by atoms with E-state index in [1.807, 2.05) is 18.7 Å². The number of carbonyl (C=O) groups excluding carboxylic acids is 2. The van der Waals surface area contributed by atoms with Crippen molar-refractivity contribution in [2.24, 2.45) is 0 Å². The standard InChI is InChI=1S/C19H29N3O4S/c1-4-21(5-2)19(24)15-20-11-6-12-22(14-13-20)27(25,26)18-9-7-17(8-10-18)16(3)23/h7-10H,4-6,11-15H2,1-3H3. The number of hydrogen-bond donors (Lipinski definition) is 0. The number of likely N-dealkylation sites (N-methyl/N-ethyl adjacent to an activating group) is 1. The van der Waals surface area contributed by atoms with Crippen molar-refractivity contribution < 1.29 is 18.0 Å². The summed E-state index contributed by atoms with van der Waals surface area (Å²) in [6, 6.07) is 6.06. The topological polar surface area (TPSA) is 78.0 Å². The van der Waals surface area contributed by atoms with Crippen molar-refractivity contribution in [3.05, 3.63) is 29.8 Å². The highest BCUT2D eigenvalue weighted by molar-refractivity contribution is 7.89. The van der Waals surface area contributed by atoms with E-state index in [0.29, 0.717) is 57.8 Å². The van der Waals surface area contributed by atoms with E-state index in [1.165, 1.54) is 23.4 Å². The summed E-state index contributed by atoms with van der Waals surface area (Å²) in [7, 11) is -3.61. The molecule has 0 unspecified atom stereocenters. The molecule has 0 atom stereocenters. The molecule has 0 spiro atoms. The number of sulfonamides is 1. The maximum Gasteiger partial charge on any atom is 0.243 e. The fraction of sp³-hybridized carbons (Fsp3) is 0.579. The molecule has 0 N–H and O–H groups in total. The largest absolute Gasteiger partial charge is 0.342 e. The van der Waals surface area contributed by atoms with Crippen LogP contribution in [0.2, 0.25) is 0 Å². The summed E-state index contributed by atoms with van der Waals surface area (Å²) in [5.41, 5.74) is 0.492. The Bertz CT molecular complexity index is 758. The number of hydrogen-bond acceptors (Lipinski definition) is 5. The van der Waals surface area contributed by atoms with Gasteiger partial charge in [0.15, 0.2) is 5.78 Å². The molecule has 27 heavy (non-hydrogen) atoms. The zero-order valence-corrected chi connectivity index (χ0v) is 17.2. The van der Waals surface area contributed by atoms with Crippen LogP contribution in [0.25, 0.3) is 0 Å². The van der Waals surface area contributed by atoms with Crippen LogP contribution in [-0.2, 0) is 14.8 Å². The maximum absolute atomic E-state index is 12.9. The summed E-state index contributed by atoms with van der Waals surface area (Å²) < 4.78 is 27.3. The van der Waals surface area contributed by atoms with Crippen LogP contribution in [0, 0.1) is 0 Å². The molecule has 0 bridgehead atoms. The van der Waals surface area contributed by atoms with Gasteiger partial charge in [0, 0.05) is 38.3 Å².